The Morgan fingerprint density at radius 3 is 2.80 bits per heavy atom. The van der Waals surface area contributed by atoms with Crippen LogP contribution in [-0.2, 0) is 6.54 Å². The molecule has 0 atom stereocenters. The van der Waals surface area contributed by atoms with Crippen LogP contribution in [0.1, 0.15) is 16.7 Å². The molecule has 5 nitrogen and oxygen atoms in total. The first-order chi connectivity index (χ1) is 9.60. The third kappa shape index (κ3) is 3.12. The third-order valence-electron chi connectivity index (χ3n) is 2.89. The summed E-state index contributed by atoms with van der Waals surface area (Å²) in [4.78, 5) is 10.6. The van der Waals surface area contributed by atoms with Crippen LogP contribution in [0.5, 0.6) is 0 Å². The van der Waals surface area contributed by atoms with Crippen LogP contribution in [0.4, 0.5) is 11.4 Å². The molecule has 2 aromatic carbocycles. The van der Waals surface area contributed by atoms with Gasteiger partial charge >= 0.3 is 0 Å². The molecule has 0 aromatic heterocycles. The van der Waals surface area contributed by atoms with Gasteiger partial charge in [0.25, 0.3) is 5.69 Å². The Morgan fingerprint density at radius 2 is 2.10 bits per heavy atom. The van der Waals surface area contributed by atoms with Gasteiger partial charge in [0.2, 0.25) is 0 Å². The highest BCUT2D eigenvalue weighted by Gasteiger charge is 2.13. The Hall–Kier alpha value is -2.87. The summed E-state index contributed by atoms with van der Waals surface area (Å²) in [6, 6.07) is 14.3. The summed E-state index contributed by atoms with van der Waals surface area (Å²) in [5.41, 5.74) is 2.85. The third-order valence-corrected chi connectivity index (χ3v) is 2.89. The van der Waals surface area contributed by atoms with Gasteiger partial charge < -0.3 is 5.32 Å². The van der Waals surface area contributed by atoms with Crippen LogP contribution in [0, 0.1) is 28.4 Å². The molecule has 0 saturated carbocycles. The molecule has 0 unspecified atom stereocenters. The smallest absolute Gasteiger partial charge is 0.292 e. The Bertz CT molecular complexity index is 690. The SMILES string of the molecule is Cc1ccc(NCc2cccc(C#N)c2)c([N+](=O)[O-])c1. The van der Waals surface area contributed by atoms with Crippen molar-refractivity contribution in [2.75, 3.05) is 5.32 Å². The van der Waals surface area contributed by atoms with Crippen LogP contribution in [-0.4, -0.2) is 4.92 Å². The van der Waals surface area contributed by atoms with Crippen LogP contribution in [0.15, 0.2) is 42.5 Å². The molecular formula is C15H13N3O2. The highest BCUT2D eigenvalue weighted by atomic mass is 16.6. The molecule has 0 spiro atoms. The van der Waals surface area contributed by atoms with E-state index in [4.69, 9.17) is 5.26 Å². The molecule has 20 heavy (non-hydrogen) atoms. The molecule has 0 aliphatic rings. The lowest BCUT2D eigenvalue weighted by molar-refractivity contribution is -0.384. The zero-order chi connectivity index (χ0) is 14.5. The van der Waals surface area contributed by atoms with E-state index in [9.17, 15) is 10.1 Å². The van der Waals surface area contributed by atoms with E-state index in [2.05, 4.69) is 11.4 Å². The lowest BCUT2D eigenvalue weighted by Crippen LogP contribution is -2.03. The molecule has 100 valence electrons. The van der Waals surface area contributed by atoms with Crippen molar-refractivity contribution in [2.45, 2.75) is 13.5 Å². The standard InChI is InChI=1S/C15H13N3O2/c1-11-5-6-14(15(7-11)18(19)20)17-10-13-4-2-3-12(8-13)9-16/h2-8,17H,10H2,1H3. The number of nitriles is 1. The molecule has 0 radical (unpaired) electrons. The van der Waals surface area contributed by atoms with Gasteiger partial charge in [-0.2, -0.15) is 5.26 Å². The maximum Gasteiger partial charge on any atom is 0.292 e. The van der Waals surface area contributed by atoms with E-state index in [0.29, 0.717) is 17.8 Å². The second kappa shape index (κ2) is 5.85. The molecule has 0 saturated heterocycles. The summed E-state index contributed by atoms with van der Waals surface area (Å²) in [5, 5.41) is 22.9. The van der Waals surface area contributed by atoms with Crippen molar-refractivity contribution in [3.05, 3.63) is 69.3 Å². The quantitative estimate of drug-likeness (QED) is 0.680. The van der Waals surface area contributed by atoms with Gasteiger partial charge in [-0.3, -0.25) is 10.1 Å². The number of aryl methyl sites for hydroxylation is 1. The predicted molar refractivity (Wildman–Crippen MR) is 76.3 cm³/mol. The van der Waals surface area contributed by atoms with Crippen molar-refractivity contribution in [1.82, 2.24) is 0 Å². The van der Waals surface area contributed by atoms with Gasteiger partial charge in [0.05, 0.1) is 16.6 Å². The van der Waals surface area contributed by atoms with E-state index in [1.807, 2.05) is 19.1 Å². The normalized spacial score (nSPS) is 9.80. The molecule has 5 heteroatoms. The van der Waals surface area contributed by atoms with Gasteiger partial charge in [0.15, 0.2) is 0 Å². The van der Waals surface area contributed by atoms with E-state index in [1.165, 1.54) is 6.07 Å². The van der Waals surface area contributed by atoms with E-state index in [0.717, 1.165) is 11.1 Å². The molecule has 0 aliphatic heterocycles. The van der Waals surface area contributed by atoms with Crippen LogP contribution in [0.3, 0.4) is 0 Å². The van der Waals surface area contributed by atoms with Gasteiger partial charge in [0, 0.05) is 12.6 Å². The second-order valence-electron chi connectivity index (χ2n) is 4.44. The molecule has 0 bridgehead atoms. The van der Waals surface area contributed by atoms with Crippen LogP contribution >= 0.6 is 0 Å². The highest BCUT2D eigenvalue weighted by molar-refractivity contribution is 5.62. The van der Waals surface area contributed by atoms with E-state index in [-0.39, 0.29) is 5.69 Å². The van der Waals surface area contributed by atoms with Crippen molar-refractivity contribution in [2.24, 2.45) is 0 Å². The van der Waals surface area contributed by atoms with E-state index >= 15 is 0 Å². The number of nitrogens with one attached hydrogen (secondary N) is 1. The van der Waals surface area contributed by atoms with Crippen molar-refractivity contribution in [3.8, 4) is 6.07 Å². The average Bonchev–Trinajstić information content (AvgIpc) is 2.46. The van der Waals surface area contributed by atoms with Gasteiger partial charge in [-0.05, 0) is 36.2 Å². The van der Waals surface area contributed by atoms with E-state index in [1.54, 1.807) is 24.3 Å². The number of hydrogen-bond acceptors (Lipinski definition) is 4. The Kier molecular flexibility index (Phi) is 3.96. The minimum absolute atomic E-state index is 0.0569. The van der Waals surface area contributed by atoms with Crippen molar-refractivity contribution < 1.29 is 4.92 Å². The number of anilines is 1. The number of benzene rings is 2. The highest BCUT2D eigenvalue weighted by Crippen LogP contribution is 2.25. The molecule has 2 aromatic rings. The Morgan fingerprint density at radius 1 is 1.30 bits per heavy atom. The first-order valence-electron chi connectivity index (χ1n) is 6.08. The molecule has 1 N–H and O–H groups in total. The zero-order valence-corrected chi connectivity index (χ0v) is 11.0. The summed E-state index contributed by atoms with van der Waals surface area (Å²) in [5.74, 6) is 0. The molecule has 0 amide bonds. The van der Waals surface area contributed by atoms with Gasteiger partial charge in [-0.1, -0.05) is 18.2 Å². The predicted octanol–water partition coefficient (Wildman–Crippen LogP) is 3.39. The minimum Gasteiger partial charge on any atom is -0.375 e. The van der Waals surface area contributed by atoms with Crippen molar-refractivity contribution in [1.29, 1.82) is 5.26 Å². The van der Waals surface area contributed by atoms with Crippen molar-refractivity contribution in [3.63, 3.8) is 0 Å². The van der Waals surface area contributed by atoms with Crippen molar-refractivity contribution >= 4 is 11.4 Å². The first-order valence-corrected chi connectivity index (χ1v) is 6.08. The summed E-state index contributed by atoms with van der Waals surface area (Å²) < 4.78 is 0. The molecule has 0 aliphatic carbocycles. The van der Waals surface area contributed by atoms with Crippen LogP contribution < -0.4 is 5.32 Å². The summed E-state index contributed by atoms with van der Waals surface area (Å²) in [7, 11) is 0. The zero-order valence-electron chi connectivity index (χ0n) is 11.0. The fourth-order valence-corrected chi connectivity index (χ4v) is 1.89. The minimum atomic E-state index is -0.402. The number of nitro groups is 1. The van der Waals surface area contributed by atoms with Gasteiger partial charge in [0.1, 0.15) is 5.69 Å². The van der Waals surface area contributed by atoms with Crippen LogP contribution in [0.25, 0.3) is 0 Å². The number of rotatable bonds is 4. The first kappa shape index (κ1) is 13.6. The van der Waals surface area contributed by atoms with Gasteiger partial charge in [-0.15, -0.1) is 0 Å². The summed E-state index contributed by atoms with van der Waals surface area (Å²) in [6.07, 6.45) is 0. The fraction of sp³-hybridized carbons (Fsp3) is 0.133. The topological polar surface area (TPSA) is 79.0 Å². The molecular weight excluding hydrogens is 254 g/mol. The molecule has 2 rings (SSSR count). The van der Waals surface area contributed by atoms with E-state index < -0.39 is 4.92 Å². The second-order valence-corrected chi connectivity index (χ2v) is 4.44. The molecule has 0 fully saturated rings. The number of nitro benzene ring substituents is 1. The average molecular weight is 267 g/mol. The lowest BCUT2D eigenvalue weighted by atomic mass is 10.1. The summed E-state index contributed by atoms with van der Waals surface area (Å²) >= 11 is 0. The maximum absolute atomic E-state index is 11.0. The van der Waals surface area contributed by atoms with Gasteiger partial charge in [-0.25, -0.2) is 0 Å². The Balaban J connectivity index is 2.19. The summed E-state index contributed by atoms with van der Waals surface area (Å²) in [6.45, 7) is 2.24. The molecule has 0 heterocycles. The Labute approximate surface area is 116 Å². The number of nitrogens with zero attached hydrogens (tertiary/aromatic N) is 2. The largest absolute Gasteiger partial charge is 0.375 e. The lowest BCUT2D eigenvalue weighted by Gasteiger charge is -2.08. The maximum atomic E-state index is 11.0. The number of hydrogen-bond donors (Lipinski definition) is 1. The van der Waals surface area contributed by atoms with Crippen LogP contribution in [0.2, 0.25) is 0 Å². The fourth-order valence-electron chi connectivity index (χ4n) is 1.89. The monoisotopic (exact) mass is 267 g/mol.